The molecule has 0 fully saturated rings. The number of carbonyl (C=O) groups excluding carboxylic acids is 1. The van der Waals surface area contributed by atoms with Crippen LogP contribution in [-0.4, -0.2) is 32.5 Å². The van der Waals surface area contributed by atoms with Gasteiger partial charge in [0.1, 0.15) is 16.7 Å². The highest BCUT2D eigenvalue weighted by molar-refractivity contribution is 7.91. The van der Waals surface area contributed by atoms with Crippen molar-refractivity contribution < 1.29 is 26.7 Å². The number of nitrogens with one attached hydrogen (secondary N) is 2. The molecule has 0 aliphatic carbocycles. The number of anilines is 1. The second kappa shape index (κ2) is 8.54. The van der Waals surface area contributed by atoms with Gasteiger partial charge in [0.25, 0.3) is 0 Å². The lowest BCUT2D eigenvalue weighted by molar-refractivity contribution is -0.121. The van der Waals surface area contributed by atoms with E-state index < -0.39 is 32.4 Å². The number of benzene rings is 2. The Morgan fingerprint density at radius 3 is 2.59 bits per heavy atom. The average Bonchev–Trinajstić information content (AvgIpc) is 3.23. The third-order valence-corrected chi connectivity index (χ3v) is 6.96. The molecule has 2 aromatic carbocycles. The van der Waals surface area contributed by atoms with Gasteiger partial charge >= 0.3 is 0 Å². The topological polar surface area (TPSA) is 97.4 Å². The number of hydrogen-bond acceptors (Lipinski definition) is 6. The number of sulfone groups is 1. The van der Waals surface area contributed by atoms with E-state index in [1.54, 1.807) is 24.5 Å². The minimum atomic E-state index is -4.15. The number of hydrogen-bond donors (Lipinski definition) is 2. The normalized spacial score (nSPS) is 15.0. The van der Waals surface area contributed by atoms with Gasteiger partial charge in [0, 0.05) is 37.1 Å². The summed E-state index contributed by atoms with van der Waals surface area (Å²) in [5.41, 5.74) is 2.52. The van der Waals surface area contributed by atoms with Gasteiger partial charge in [-0.05, 0) is 35.4 Å². The van der Waals surface area contributed by atoms with Gasteiger partial charge in [-0.1, -0.05) is 12.1 Å². The van der Waals surface area contributed by atoms with Crippen LogP contribution in [0.1, 0.15) is 11.1 Å². The van der Waals surface area contributed by atoms with Crippen LogP contribution in [0.2, 0.25) is 0 Å². The summed E-state index contributed by atoms with van der Waals surface area (Å²) in [6.45, 7) is 0.195. The van der Waals surface area contributed by atoms with Gasteiger partial charge in [0.2, 0.25) is 15.7 Å². The van der Waals surface area contributed by atoms with Gasteiger partial charge in [-0.3, -0.25) is 9.78 Å². The summed E-state index contributed by atoms with van der Waals surface area (Å²) in [4.78, 5) is 15.9. The highest BCUT2D eigenvalue weighted by atomic mass is 32.2. The zero-order chi connectivity index (χ0) is 22.9. The van der Waals surface area contributed by atoms with Crippen molar-refractivity contribution in [3.8, 4) is 5.75 Å². The van der Waals surface area contributed by atoms with E-state index in [1.165, 1.54) is 19.2 Å². The molecule has 1 atom stereocenters. The number of pyridine rings is 1. The summed E-state index contributed by atoms with van der Waals surface area (Å²) in [6, 6.07) is 8.45. The molecule has 7 nitrogen and oxygen atoms in total. The van der Waals surface area contributed by atoms with Crippen molar-refractivity contribution in [2.24, 2.45) is 0 Å². The van der Waals surface area contributed by atoms with E-state index in [0.29, 0.717) is 24.1 Å². The van der Waals surface area contributed by atoms with Crippen molar-refractivity contribution in [2.45, 2.75) is 28.8 Å². The van der Waals surface area contributed by atoms with Crippen LogP contribution in [0.5, 0.6) is 5.75 Å². The zero-order valence-corrected chi connectivity index (χ0v) is 17.7. The second-order valence-electron chi connectivity index (χ2n) is 7.22. The zero-order valence-electron chi connectivity index (χ0n) is 16.9. The highest BCUT2D eigenvalue weighted by Crippen LogP contribution is 2.31. The van der Waals surface area contributed by atoms with Crippen molar-refractivity contribution >= 4 is 21.4 Å². The molecule has 32 heavy (non-hydrogen) atoms. The lowest BCUT2D eigenvalue weighted by Gasteiger charge is -2.13. The molecule has 0 radical (unpaired) electrons. The number of nitrogens with zero attached hydrogens (tertiary/aromatic N) is 1. The third-order valence-electron chi connectivity index (χ3n) is 5.17. The fraction of sp³-hybridized carbons (Fsp3) is 0.182. The average molecular weight is 459 g/mol. The van der Waals surface area contributed by atoms with Crippen LogP contribution in [0.25, 0.3) is 0 Å². The molecule has 10 heteroatoms. The summed E-state index contributed by atoms with van der Waals surface area (Å²) < 4.78 is 57.8. The van der Waals surface area contributed by atoms with Gasteiger partial charge in [0.05, 0.1) is 12.0 Å². The molecule has 0 spiro atoms. The fourth-order valence-electron chi connectivity index (χ4n) is 3.45. The van der Waals surface area contributed by atoms with Crippen LogP contribution in [0.15, 0.2) is 64.6 Å². The second-order valence-corrected chi connectivity index (χ2v) is 9.13. The molecule has 1 aliphatic rings. The van der Waals surface area contributed by atoms with Gasteiger partial charge in [-0.15, -0.1) is 0 Å². The molecule has 0 saturated carbocycles. The first kappa shape index (κ1) is 21.7. The Morgan fingerprint density at radius 2 is 1.91 bits per heavy atom. The van der Waals surface area contributed by atoms with E-state index in [9.17, 15) is 22.0 Å². The summed E-state index contributed by atoms with van der Waals surface area (Å²) in [5, 5.41) is 5.95. The van der Waals surface area contributed by atoms with Crippen LogP contribution >= 0.6 is 0 Å². The van der Waals surface area contributed by atoms with E-state index in [0.717, 1.165) is 11.3 Å². The Kier molecular flexibility index (Phi) is 5.79. The van der Waals surface area contributed by atoms with Crippen LogP contribution in [-0.2, 0) is 27.6 Å². The van der Waals surface area contributed by atoms with E-state index in [1.807, 2.05) is 6.07 Å². The molecule has 1 amide bonds. The van der Waals surface area contributed by atoms with E-state index in [4.69, 9.17) is 4.74 Å². The summed E-state index contributed by atoms with van der Waals surface area (Å²) >= 11 is 0. The number of methoxy groups -OCH3 is 1. The number of carbonyl (C=O) groups is 1. The lowest BCUT2D eigenvalue weighted by Crippen LogP contribution is -2.38. The Balaban J connectivity index is 1.44. The molecule has 3 aromatic rings. The van der Waals surface area contributed by atoms with Crippen molar-refractivity contribution in [2.75, 3.05) is 12.4 Å². The Bertz CT molecular complexity index is 1260. The fourth-order valence-corrected chi connectivity index (χ4v) is 4.87. The van der Waals surface area contributed by atoms with Crippen molar-refractivity contribution in [1.29, 1.82) is 0 Å². The molecule has 0 saturated heterocycles. The van der Waals surface area contributed by atoms with Gasteiger partial charge in [-0.2, -0.15) is 0 Å². The van der Waals surface area contributed by atoms with Gasteiger partial charge in [-0.25, -0.2) is 17.2 Å². The molecule has 166 valence electrons. The third kappa shape index (κ3) is 4.13. The first-order valence-corrected chi connectivity index (χ1v) is 11.1. The Hall–Kier alpha value is -3.53. The minimum Gasteiger partial charge on any atom is -0.495 e. The summed E-state index contributed by atoms with van der Waals surface area (Å²) in [5.74, 6) is -2.98. The Morgan fingerprint density at radius 1 is 1.19 bits per heavy atom. The molecule has 1 aromatic heterocycles. The maximum atomic E-state index is 13.7. The number of aromatic nitrogens is 1. The highest BCUT2D eigenvalue weighted by Gasteiger charge is 2.27. The smallest absolute Gasteiger partial charge is 0.243 e. The predicted molar refractivity (Wildman–Crippen MR) is 112 cm³/mol. The van der Waals surface area contributed by atoms with Crippen LogP contribution in [0.4, 0.5) is 14.5 Å². The SMILES string of the molecule is COc1cc(F)c(F)cc1S(=O)(=O)c1ccc(CNC(=O)C2Cc3cnccc3N2)cc1. The molecule has 0 bridgehead atoms. The molecule has 4 rings (SSSR count). The lowest BCUT2D eigenvalue weighted by atomic mass is 10.1. The van der Waals surface area contributed by atoms with E-state index >= 15 is 0 Å². The van der Waals surface area contributed by atoms with Crippen molar-refractivity contribution in [3.05, 3.63) is 77.6 Å². The number of amides is 1. The molecular formula is C22H19F2N3O4S. The first-order chi connectivity index (χ1) is 15.3. The Labute approximate surface area is 183 Å². The summed E-state index contributed by atoms with van der Waals surface area (Å²) in [6.07, 6.45) is 3.90. The molecular weight excluding hydrogens is 440 g/mol. The maximum absolute atomic E-state index is 13.7. The first-order valence-electron chi connectivity index (χ1n) is 9.64. The molecule has 2 N–H and O–H groups in total. The number of rotatable bonds is 6. The quantitative estimate of drug-likeness (QED) is 0.551. The molecule has 1 unspecified atom stereocenters. The van der Waals surface area contributed by atoms with E-state index in [-0.39, 0.29) is 23.1 Å². The standard InChI is InChI=1S/C22H19F2N3O4S/c1-31-20-9-16(23)17(24)10-21(20)32(29,30)15-4-2-13(3-5-15)11-26-22(28)19-8-14-12-25-7-6-18(14)27-19/h2-7,9-10,12,19,27H,8,11H2,1H3,(H,26,28). The molecule has 1 aliphatic heterocycles. The molecule has 2 heterocycles. The largest absolute Gasteiger partial charge is 0.495 e. The predicted octanol–water partition coefficient (Wildman–Crippen LogP) is 2.85. The van der Waals surface area contributed by atoms with Crippen molar-refractivity contribution in [1.82, 2.24) is 10.3 Å². The summed E-state index contributed by atoms with van der Waals surface area (Å²) in [7, 11) is -2.98. The monoisotopic (exact) mass is 459 g/mol. The van der Waals surface area contributed by atoms with Gasteiger partial charge < -0.3 is 15.4 Å². The van der Waals surface area contributed by atoms with Crippen molar-refractivity contribution in [3.63, 3.8) is 0 Å². The maximum Gasteiger partial charge on any atom is 0.243 e. The van der Waals surface area contributed by atoms with Crippen LogP contribution < -0.4 is 15.4 Å². The van der Waals surface area contributed by atoms with E-state index in [2.05, 4.69) is 15.6 Å². The number of fused-ring (bicyclic) bond motifs is 1. The number of halogens is 2. The number of ether oxygens (including phenoxy) is 1. The van der Waals surface area contributed by atoms with Crippen LogP contribution in [0, 0.1) is 11.6 Å². The minimum absolute atomic E-state index is 0.114. The van der Waals surface area contributed by atoms with Crippen LogP contribution in [0.3, 0.4) is 0 Å². The van der Waals surface area contributed by atoms with Gasteiger partial charge in [0.15, 0.2) is 11.6 Å².